The fourth-order valence-electron chi connectivity index (χ4n) is 2.04. The average Bonchev–Trinajstić information content (AvgIpc) is 2.57. The summed E-state index contributed by atoms with van der Waals surface area (Å²) in [5, 5.41) is 7.71. The number of nitrogens with one attached hydrogen (secondary N) is 3. The smallest absolute Gasteiger partial charge is 0.321 e. The second-order valence-electron chi connectivity index (χ2n) is 5.49. The largest absolute Gasteiger partial charge is 0.374 e. The van der Waals surface area contributed by atoms with E-state index in [-0.39, 0.29) is 5.82 Å². The summed E-state index contributed by atoms with van der Waals surface area (Å²) in [4.78, 5) is 23.7. The molecule has 24 heavy (non-hydrogen) atoms. The van der Waals surface area contributed by atoms with Crippen molar-refractivity contribution < 1.29 is 14.0 Å². The average molecular weight is 329 g/mol. The third-order valence-electron chi connectivity index (χ3n) is 3.48. The van der Waals surface area contributed by atoms with Gasteiger partial charge in [-0.15, -0.1) is 0 Å². The van der Waals surface area contributed by atoms with Gasteiger partial charge in [0.1, 0.15) is 11.9 Å². The molecule has 0 saturated carbocycles. The lowest BCUT2D eigenvalue weighted by Gasteiger charge is -2.15. The molecule has 0 aliphatic heterocycles. The van der Waals surface area contributed by atoms with E-state index in [4.69, 9.17) is 0 Å². The summed E-state index contributed by atoms with van der Waals surface area (Å²) in [7, 11) is 0. The van der Waals surface area contributed by atoms with Gasteiger partial charge in [-0.3, -0.25) is 10.1 Å². The fourth-order valence-corrected chi connectivity index (χ4v) is 2.04. The van der Waals surface area contributed by atoms with Gasteiger partial charge in [-0.25, -0.2) is 9.18 Å². The van der Waals surface area contributed by atoms with Crippen LogP contribution in [0.15, 0.2) is 48.5 Å². The van der Waals surface area contributed by atoms with Crippen LogP contribution >= 0.6 is 0 Å². The lowest BCUT2D eigenvalue weighted by atomic mass is 10.2. The van der Waals surface area contributed by atoms with E-state index >= 15 is 0 Å². The molecule has 0 spiro atoms. The zero-order valence-corrected chi connectivity index (χ0v) is 13.6. The van der Waals surface area contributed by atoms with Crippen molar-refractivity contribution in [1.29, 1.82) is 0 Å². The van der Waals surface area contributed by atoms with Crippen LogP contribution in [-0.2, 0) is 11.3 Å². The molecule has 0 bridgehead atoms. The Morgan fingerprint density at radius 3 is 2.50 bits per heavy atom. The number of benzene rings is 2. The zero-order chi connectivity index (χ0) is 17.5. The summed E-state index contributed by atoms with van der Waals surface area (Å²) < 4.78 is 13.5. The van der Waals surface area contributed by atoms with E-state index in [1.165, 1.54) is 6.07 Å². The highest BCUT2D eigenvalue weighted by atomic mass is 19.1. The van der Waals surface area contributed by atoms with E-state index in [0.717, 1.165) is 5.56 Å². The van der Waals surface area contributed by atoms with Gasteiger partial charge in [0.2, 0.25) is 5.91 Å². The minimum absolute atomic E-state index is 0.324. The second-order valence-corrected chi connectivity index (χ2v) is 5.49. The van der Waals surface area contributed by atoms with Gasteiger partial charge in [-0.05, 0) is 37.1 Å². The maximum Gasteiger partial charge on any atom is 0.321 e. The molecule has 3 amide bonds. The summed E-state index contributed by atoms with van der Waals surface area (Å²) in [6.07, 6.45) is 0. The van der Waals surface area contributed by atoms with Gasteiger partial charge in [-0.1, -0.05) is 36.4 Å². The van der Waals surface area contributed by atoms with Crippen molar-refractivity contribution in [3.8, 4) is 0 Å². The highest BCUT2D eigenvalue weighted by molar-refractivity contribution is 5.97. The van der Waals surface area contributed by atoms with Gasteiger partial charge in [0, 0.05) is 12.2 Å². The number of carbonyl (C=O) groups is 2. The van der Waals surface area contributed by atoms with Crippen molar-refractivity contribution >= 4 is 17.6 Å². The van der Waals surface area contributed by atoms with Crippen LogP contribution in [0, 0.1) is 12.7 Å². The Morgan fingerprint density at radius 1 is 1.12 bits per heavy atom. The van der Waals surface area contributed by atoms with Gasteiger partial charge in [-0.2, -0.15) is 0 Å². The summed E-state index contributed by atoms with van der Waals surface area (Å²) in [6, 6.07) is 12.7. The Labute approximate surface area is 140 Å². The molecule has 5 nitrogen and oxygen atoms in total. The number of urea groups is 1. The van der Waals surface area contributed by atoms with Crippen molar-refractivity contribution in [2.24, 2.45) is 0 Å². The molecule has 0 saturated heterocycles. The van der Waals surface area contributed by atoms with E-state index in [1.807, 2.05) is 30.3 Å². The minimum atomic E-state index is -0.686. The lowest BCUT2D eigenvalue weighted by Crippen LogP contribution is -2.45. The van der Waals surface area contributed by atoms with Crippen LogP contribution < -0.4 is 16.0 Å². The number of hydrogen-bond acceptors (Lipinski definition) is 3. The number of rotatable bonds is 5. The monoisotopic (exact) mass is 329 g/mol. The van der Waals surface area contributed by atoms with Gasteiger partial charge >= 0.3 is 6.03 Å². The maximum absolute atomic E-state index is 13.5. The third-order valence-corrected chi connectivity index (χ3v) is 3.48. The fraction of sp³-hybridized carbons (Fsp3) is 0.222. The van der Waals surface area contributed by atoms with Gasteiger partial charge in [0.05, 0.1) is 0 Å². The molecular weight excluding hydrogens is 309 g/mol. The van der Waals surface area contributed by atoms with Crippen LogP contribution in [0.4, 0.5) is 14.9 Å². The van der Waals surface area contributed by atoms with E-state index in [9.17, 15) is 14.0 Å². The van der Waals surface area contributed by atoms with E-state index in [2.05, 4.69) is 16.0 Å². The first-order valence-electron chi connectivity index (χ1n) is 7.61. The Bertz CT molecular complexity index is 719. The summed E-state index contributed by atoms with van der Waals surface area (Å²) in [5.41, 5.74) is 1.93. The van der Waals surface area contributed by atoms with Crippen LogP contribution in [0.3, 0.4) is 0 Å². The van der Waals surface area contributed by atoms with Crippen LogP contribution in [0.2, 0.25) is 0 Å². The number of aryl methyl sites for hydroxylation is 1. The molecule has 0 fully saturated rings. The Balaban J connectivity index is 1.82. The quantitative estimate of drug-likeness (QED) is 0.790. The molecule has 6 heteroatoms. The molecule has 0 aliphatic carbocycles. The first kappa shape index (κ1) is 17.5. The lowest BCUT2D eigenvalue weighted by molar-refractivity contribution is -0.120. The van der Waals surface area contributed by atoms with Gasteiger partial charge < -0.3 is 10.6 Å². The number of imide groups is 1. The van der Waals surface area contributed by atoms with Gasteiger partial charge in [0.25, 0.3) is 0 Å². The van der Waals surface area contributed by atoms with E-state index < -0.39 is 18.0 Å². The van der Waals surface area contributed by atoms with Crippen molar-refractivity contribution in [2.45, 2.75) is 26.4 Å². The molecule has 0 heterocycles. The number of hydrogen-bond donors (Lipinski definition) is 3. The van der Waals surface area contributed by atoms with Crippen LogP contribution in [-0.4, -0.2) is 18.0 Å². The van der Waals surface area contributed by atoms with Crippen molar-refractivity contribution in [2.75, 3.05) is 5.32 Å². The zero-order valence-electron chi connectivity index (χ0n) is 13.6. The summed E-state index contributed by atoms with van der Waals surface area (Å²) in [6.45, 7) is 3.58. The highest BCUT2D eigenvalue weighted by Crippen LogP contribution is 2.14. The standard InChI is InChI=1S/C18H20FN3O2/c1-12-8-9-15(10-16(12)19)21-13(2)17(23)22-18(24)20-11-14-6-4-3-5-7-14/h3-10,13,21H,11H2,1-2H3,(H2,20,22,23,24). The molecule has 1 unspecified atom stereocenters. The number of amides is 3. The molecule has 2 aromatic rings. The highest BCUT2D eigenvalue weighted by Gasteiger charge is 2.15. The van der Waals surface area contributed by atoms with E-state index in [1.54, 1.807) is 26.0 Å². The Morgan fingerprint density at radius 2 is 1.83 bits per heavy atom. The van der Waals surface area contributed by atoms with Crippen LogP contribution in [0.25, 0.3) is 0 Å². The molecule has 0 aliphatic rings. The molecule has 3 N–H and O–H groups in total. The van der Waals surface area contributed by atoms with Crippen LogP contribution in [0.5, 0.6) is 0 Å². The summed E-state index contributed by atoms with van der Waals surface area (Å²) >= 11 is 0. The first-order valence-corrected chi connectivity index (χ1v) is 7.61. The molecule has 2 rings (SSSR count). The molecule has 0 radical (unpaired) electrons. The second kappa shape index (κ2) is 8.10. The molecule has 2 aromatic carbocycles. The molecular formula is C18H20FN3O2. The van der Waals surface area contributed by atoms with E-state index in [0.29, 0.717) is 17.8 Å². The molecule has 0 aromatic heterocycles. The summed E-state index contributed by atoms with van der Waals surface area (Å²) in [5.74, 6) is -0.852. The number of anilines is 1. The van der Waals surface area contributed by atoms with Crippen LogP contribution in [0.1, 0.15) is 18.1 Å². The molecule has 126 valence electrons. The minimum Gasteiger partial charge on any atom is -0.374 e. The topological polar surface area (TPSA) is 70.2 Å². The van der Waals surface area contributed by atoms with Crippen molar-refractivity contribution in [3.05, 3.63) is 65.5 Å². The maximum atomic E-state index is 13.5. The predicted molar refractivity (Wildman–Crippen MR) is 91.0 cm³/mol. The predicted octanol–water partition coefficient (Wildman–Crippen LogP) is 2.96. The Kier molecular flexibility index (Phi) is 5.89. The van der Waals surface area contributed by atoms with Gasteiger partial charge in [0.15, 0.2) is 0 Å². The third kappa shape index (κ3) is 5.08. The Hall–Kier alpha value is -2.89. The first-order chi connectivity index (χ1) is 11.5. The van der Waals surface area contributed by atoms with Crippen molar-refractivity contribution in [3.63, 3.8) is 0 Å². The normalized spacial score (nSPS) is 11.5. The molecule has 1 atom stereocenters. The SMILES string of the molecule is Cc1ccc(NC(C)C(=O)NC(=O)NCc2ccccc2)cc1F. The number of carbonyl (C=O) groups excluding carboxylic acids is 2. The van der Waals surface area contributed by atoms with Crippen molar-refractivity contribution in [1.82, 2.24) is 10.6 Å². The number of halogens is 1.